The van der Waals surface area contributed by atoms with E-state index in [1.54, 1.807) is 12.1 Å². The summed E-state index contributed by atoms with van der Waals surface area (Å²) in [4.78, 5) is 39.9. The molecule has 1 aromatic carbocycles. The molecule has 0 spiro atoms. The van der Waals surface area contributed by atoms with E-state index in [9.17, 15) is 14.4 Å². The third kappa shape index (κ3) is 6.09. The number of amides is 2. The van der Waals surface area contributed by atoms with Gasteiger partial charge in [0.05, 0.1) is 39.1 Å². The number of carbonyl (C=O) groups is 3. The molecule has 1 atom stereocenters. The number of ketones is 1. The van der Waals surface area contributed by atoms with Gasteiger partial charge in [-0.3, -0.25) is 14.4 Å². The highest BCUT2D eigenvalue weighted by Gasteiger charge is 2.31. The molecule has 8 nitrogen and oxygen atoms in total. The highest BCUT2D eigenvalue weighted by Crippen LogP contribution is 2.13. The molecule has 8 heteroatoms. The Labute approximate surface area is 170 Å². The third-order valence-electron chi connectivity index (χ3n) is 5.05. The summed E-state index contributed by atoms with van der Waals surface area (Å²) in [7, 11) is 0. The SMILES string of the molecule is O=C1NC(C(=O)C(=O)N2CCOCC2)CCCCOCCOCc2ccccc21. The molecule has 2 aliphatic rings. The summed E-state index contributed by atoms with van der Waals surface area (Å²) in [5.41, 5.74) is 1.18. The monoisotopic (exact) mass is 404 g/mol. The molecule has 1 fully saturated rings. The number of hydrogen-bond donors (Lipinski definition) is 1. The molecule has 3 rings (SSSR count). The maximum atomic E-state index is 12.9. The third-order valence-corrected chi connectivity index (χ3v) is 5.05. The fraction of sp³-hybridized carbons (Fsp3) is 0.571. The minimum absolute atomic E-state index is 0.276. The Hall–Kier alpha value is -2.29. The van der Waals surface area contributed by atoms with Gasteiger partial charge in [-0.05, 0) is 30.9 Å². The van der Waals surface area contributed by atoms with Crippen LogP contribution in [0.3, 0.4) is 0 Å². The fourth-order valence-corrected chi connectivity index (χ4v) is 3.40. The average molecular weight is 404 g/mol. The van der Waals surface area contributed by atoms with Crippen LogP contribution in [0.1, 0.15) is 35.2 Å². The molecule has 1 aromatic rings. The first kappa shape index (κ1) is 21.4. The van der Waals surface area contributed by atoms with Crippen LogP contribution in [0, 0.1) is 0 Å². The number of nitrogens with zero attached hydrogens (tertiary/aromatic N) is 1. The minimum atomic E-state index is -0.866. The number of rotatable bonds is 2. The summed E-state index contributed by atoms with van der Waals surface area (Å²) in [6.07, 6.45) is 1.79. The lowest BCUT2D eigenvalue weighted by molar-refractivity contribution is -0.148. The summed E-state index contributed by atoms with van der Waals surface area (Å²) >= 11 is 0. The Balaban J connectivity index is 1.76. The van der Waals surface area contributed by atoms with E-state index in [2.05, 4.69) is 5.32 Å². The summed E-state index contributed by atoms with van der Waals surface area (Å²) in [5, 5.41) is 2.78. The van der Waals surface area contributed by atoms with Gasteiger partial charge in [0.2, 0.25) is 5.78 Å². The van der Waals surface area contributed by atoms with Crippen molar-refractivity contribution in [1.82, 2.24) is 10.2 Å². The normalized spacial score (nSPS) is 22.1. The molecule has 0 saturated carbocycles. The zero-order valence-electron chi connectivity index (χ0n) is 16.6. The number of ether oxygens (including phenoxy) is 3. The molecule has 0 aliphatic carbocycles. The molecule has 1 saturated heterocycles. The van der Waals surface area contributed by atoms with Crippen molar-refractivity contribution in [3.8, 4) is 0 Å². The van der Waals surface area contributed by atoms with E-state index in [-0.39, 0.29) is 12.5 Å². The number of Topliss-reactive ketones (excluding diaryl/α,β-unsaturated/α-hetero) is 1. The second-order valence-electron chi connectivity index (χ2n) is 7.11. The molecule has 1 unspecified atom stereocenters. The van der Waals surface area contributed by atoms with Gasteiger partial charge in [-0.25, -0.2) is 0 Å². The number of carbonyl (C=O) groups excluding carboxylic acids is 3. The molecular weight excluding hydrogens is 376 g/mol. The van der Waals surface area contributed by atoms with E-state index in [0.29, 0.717) is 64.5 Å². The predicted octanol–water partition coefficient (Wildman–Crippen LogP) is 0.930. The van der Waals surface area contributed by atoms with Gasteiger partial charge < -0.3 is 24.4 Å². The quantitative estimate of drug-likeness (QED) is 0.737. The Morgan fingerprint density at radius 1 is 0.931 bits per heavy atom. The molecule has 0 radical (unpaired) electrons. The second-order valence-corrected chi connectivity index (χ2v) is 7.11. The van der Waals surface area contributed by atoms with E-state index in [1.165, 1.54) is 4.90 Å². The number of nitrogens with one attached hydrogen (secondary N) is 1. The lowest BCUT2D eigenvalue weighted by Crippen LogP contribution is -2.51. The highest BCUT2D eigenvalue weighted by atomic mass is 16.5. The molecule has 2 amide bonds. The fourth-order valence-electron chi connectivity index (χ4n) is 3.40. The van der Waals surface area contributed by atoms with Crippen molar-refractivity contribution >= 4 is 17.6 Å². The van der Waals surface area contributed by atoms with Gasteiger partial charge in [0.25, 0.3) is 11.8 Å². The van der Waals surface area contributed by atoms with Crippen LogP contribution in [-0.4, -0.2) is 74.7 Å². The van der Waals surface area contributed by atoms with E-state index in [4.69, 9.17) is 14.2 Å². The first-order chi connectivity index (χ1) is 14.2. The summed E-state index contributed by atoms with van der Waals surface area (Å²) in [5.74, 6) is -1.51. The lowest BCUT2D eigenvalue weighted by atomic mass is 10.0. The van der Waals surface area contributed by atoms with Crippen LogP contribution in [-0.2, 0) is 30.4 Å². The Morgan fingerprint density at radius 2 is 1.66 bits per heavy atom. The van der Waals surface area contributed by atoms with Crippen LogP contribution in [0.25, 0.3) is 0 Å². The van der Waals surface area contributed by atoms with Crippen molar-refractivity contribution < 1.29 is 28.6 Å². The average Bonchev–Trinajstić information content (AvgIpc) is 2.76. The van der Waals surface area contributed by atoms with Crippen LogP contribution in [0.2, 0.25) is 0 Å². The Morgan fingerprint density at radius 3 is 2.48 bits per heavy atom. The van der Waals surface area contributed by atoms with Crippen molar-refractivity contribution in [1.29, 1.82) is 0 Å². The summed E-state index contributed by atoms with van der Waals surface area (Å²) in [6.45, 7) is 3.36. The van der Waals surface area contributed by atoms with Gasteiger partial charge in [-0.2, -0.15) is 0 Å². The maximum absolute atomic E-state index is 12.9. The van der Waals surface area contributed by atoms with E-state index in [0.717, 1.165) is 12.0 Å². The van der Waals surface area contributed by atoms with Gasteiger partial charge in [-0.15, -0.1) is 0 Å². The Kier molecular flexibility index (Phi) is 8.15. The van der Waals surface area contributed by atoms with E-state index >= 15 is 0 Å². The van der Waals surface area contributed by atoms with Crippen molar-refractivity contribution in [2.75, 3.05) is 46.1 Å². The van der Waals surface area contributed by atoms with Crippen molar-refractivity contribution in [3.05, 3.63) is 35.4 Å². The summed E-state index contributed by atoms with van der Waals surface area (Å²) < 4.78 is 16.4. The Bertz CT molecular complexity index is 717. The van der Waals surface area contributed by atoms with Gasteiger partial charge in [-0.1, -0.05) is 18.2 Å². The standard InChI is InChI=1S/C21H28N2O6/c24-19(21(26)23-8-11-28-12-9-23)18-7-3-4-10-27-13-14-29-15-16-5-1-2-6-17(16)20(25)22-18/h1-2,5-6,18H,3-4,7-15H2,(H,22,25). The van der Waals surface area contributed by atoms with Crippen LogP contribution >= 0.6 is 0 Å². The van der Waals surface area contributed by atoms with Crippen molar-refractivity contribution in [2.24, 2.45) is 0 Å². The predicted molar refractivity (Wildman–Crippen MR) is 104 cm³/mol. The van der Waals surface area contributed by atoms with Crippen LogP contribution in [0.15, 0.2) is 24.3 Å². The largest absolute Gasteiger partial charge is 0.379 e. The number of hydrogen-bond acceptors (Lipinski definition) is 6. The molecule has 1 N–H and O–H groups in total. The van der Waals surface area contributed by atoms with Gasteiger partial charge in [0.15, 0.2) is 0 Å². The van der Waals surface area contributed by atoms with Gasteiger partial charge >= 0.3 is 0 Å². The lowest BCUT2D eigenvalue weighted by Gasteiger charge is -2.28. The minimum Gasteiger partial charge on any atom is -0.379 e. The number of morpholine rings is 1. The molecular formula is C21H28N2O6. The molecule has 2 aliphatic heterocycles. The number of fused-ring (bicyclic) bond motifs is 1. The van der Waals surface area contributed by atoms with E-state index < -0.39 is 17.7 Å². The maximum Gasteiger partial charge on any atom is 0.292 e. The first-order valence-corrected chi connectivity index (χ1v) is 10.1. The first-order valence-electron chi connectivity index (χ1n) is 10.1. The smallest absolute Gasteiger partial charge is 0.292 e. The van der Waals surface area contributed by atoms with Crippen molar-refractivity contribution in [3.63, 3.8) is 0 Å². The zero-order chi connectivity index (χ0) is 20.5. The van der Waals surface area contributed by atoms with Crippen LogP contribution in [0.4, 0.5) is 0 Å². The van der Waals surface area contributed by atoms with Crippen LogP contribution < -0.4 is 5.32 Å². The van der Waals surface area contributed by atoms with Gasteiger partial charge in [0, 0.05) is 25.3 Å². The highest BCUT2D eigenvalue weighted by molar-refractivity contribution is 6.38. The van der Waals surface area contributed by atoms with Crippen molar-refractivity contribution in [2.45, 2.75) is 31.9 Å². The van der Waals surface area contributed by atoms with Crippen LogP contribution in [0.5, 0.6) is 0 Å². The topological polar surface area (TPSA) is 94.2 Å². The zero-order valence-corrected chi connectivity index (χ0v) is 16.6. The number of benzene rings is 1. The molecule has 0 bridgehead atoms. The second kappa shape index (κ2) is 11.0. The molecule has 2 heterocycles. The molecule has 158 valence electrons. The molecule has 29 heavy (non-hydrogen) atoms. The summed E-state index contributed by atoms with van der Waals surface area (Å²) in [6, 6.07) is 6.24. The molecule has 0 aromatic heterocycles. The van der Waals surface area contributed by atoms with E-state index in [1.807, 2.05) is 12.1 Å². The van der Waals surface area contributed by atoms with Gasteiger partial charge in [0.1, 0.15) is 0 Å².